The van der Waals surface area contributed by atoms with E-state index in [1.165, 1.54) is 0 Å². The van der Waals surface area contributed by atoms with Crippen LogP contribution in [-0.2, 0) is 0 Å². The third-order valence-electron chi connectivity index (χ3n) is 4.02. The lowest BCUT2D eigenvalue weighted by Crippen LogP contribution is -2.11. The molecular weight excluding hydrogens is 336 g/mol. The molecule has 0 aliphatic rings. The lowest BCUT2D eigenvalue weighted by atomic mass is 10.1. The Balaban J connectivity index is 1.81. The van der Waals surface area contributed by atoms with Crippen LogP contribution in [-0.4, -0.2) is 20.7 Å². The SMILES string of the molecule is NC(=O)c1cccc2c(Cl)n(-c3ccc(-c4cccnc4)cc3)nc12. The number of primary amides is 1. The van der Waals surface area contributed by atoms with Crippen molar-refractivity contribution < 1.29 is 4.79 Å². The molecule has 2 aromatic carbocycles. The highest BCUT2D eigenvalue weighted by molar-refractivity contribution is 6.35. The van der Waals surface area contributed by atoms with Gasteiger partial charge in [-0.3, -0.25) is 9.78 Å². The number of carbonyl (C=O) groups is 1. The number of pyridine rings is 1. The second-order valence-electron chi connectivity index (χ2n) is 5.56. The fourth-order valence-corrected chi connectivity index (χ4v) is 3.06. The maximum absolute atomic E-state index is 11.6. The maximum Gasteiger partial charge on any atom is 0.250 e. The molecule has 0 atom stereocenters. The fraction of sp³-hybridized carbons (Fsp3) is 0. The van der Waals surface area contributed by atoms with Gasteiger partial charge in [0, 0.05) is 17.8 Å². The first-order valence-corrected chi connectivity index (χ1v) is 8.01. The van der Waals surface area contributed by atoms with Crippen molar-refractivity contribution in [3.05, 3.63) is 77.7 Å². The van der Waals surface area contributed by atoms with Crippen LogP contribution in [0.4, 0.5) is 0 Å². The zero-order valence-electron chi connectivity index (χ0n) is 13.1. The molecule has 122 valence electrons. The summed E-state index contributed by atoms with van der Waals surface area (Å²) in [5.41, 5.74) is 9.14. The predicted octanol–water partition coefficient (Wildman–Crippen LogP) is 3.84. The molecule has 0 bridgehead atoms. The van der Waals surface area contributed by atoms with Gasteiger partial charge < -0.3 is 5.73 Å². The van der Waals surface area contributed by atoms with Crippen LogP contribution in [0.3, 0.4) is 0 Å². The predicted molar refractivity (Wildman–Crippen MR) is 97.8 cm³/mol. The number of benzene rings is 2. The second kappa shape index (κ2) is 6.03. The second-order valence-corrected chi connectivity index (χ2v) is 5.92. The van der Waals surface area contributed by atoms with Gasteiger partial charge in [-0.15, -0.1) is 0 Å². The first kappa shape index (κ1) is 15.4. The summed E-state index contributed by atoms with van der Waals surface area (Å²) in [6, 6.07) is 16.9. The first-order valence-electron chi connectivity index (χ1n) is 7.63. The minimum absolute atomic E-state index is 0.352. The Labute approximate surface area is 148 Å². The zero-order valence-corrected chi connectivity index (χ0v) is 13.8. The third-order valence-corrected chi connectivity index (χ3v) is 4.38. The highest BCUT2D eigenvalue weighted by Gasteiger charge is 2.16. The third kappa shape index (κ3) is 2.64. The van der Waals surface area contributed by atoms with Gasteiger partial charge in [-0.2, -0.15) is 5.10 Å². The molecule has 2 aromatic heterocycles. The number of nitrogens with zero attached hydrogens (tertiary/aromatic N) is 3. The van der Waals surface area contributed by atoms with Crippen LogP contribution in [0.15, 0.2) is 67.0 Å². The number of hydrogen-bond donors (Lipinski definition) is 1. The lowest BCUT2D eigenvalue weighted by molar-refractivity contribution is 0.100. The van der Waals surface area contributed by atoms with E-state index in [1.54, 1.807) is 23.0 Å². The van der Waals surface area contributed by atoms with Gasteiger partial charge in [0.1, 0.15) is 10.7 Å². The lowest BCUT2D eigenvalue weighted by Gasteiger charge is -2.05. The summed E-state index contributed by atoms with van der Waals surface area (Å²) in [6.45, 7) is 0. The minimum Gasteiger partial charge on any atom is -0.366 e. The van der Waals surface area contributed by atoms with Crippen LogP contribution in [0.2, 0.25) is 5.15 Å². The Morgan fingerprint density at radius 3 is 2.48 bits per heavy atom. The van der Waals surface area contributed by atoms with Gasteiger partial charge in [-0.05, 0) is 41.5 Å². The molecule has 0 radical (unpaired) electrons. The van der Waals surface area contributed by atoms with Crippen LogP contribution in [0.5, 0.6) is 0 Å². The molecule has 25 heavy (non-hydrogen) atoms. The number of hydrogen-bond acceptors (Lipinski definition) is 3. The minimum atomic E-state index is -0.529. The van der Waals surface area contributed by atoms with E-state index in [0.717, 1.165) is 16.8 Å². The molecule has 0 unspecified atom stereocenters. The first-order chi connectivity index (χ1) is 12.1. The number of nitrogens with two attached hydrogens (primary N) is 1. The number of amides is 1. The van der Waals surface area contributed by atoms with Gasteiger partial charge in [0.15, 0.2) is 0 Å². The van der Waals surface area contributed by atoms with E-state index in [2.05, 4.69) is 10.1 Å². The van der Waals surface area contributed by atoms with Crippen molar-refractivity contribution in [3.63, 3.8) is 0 Å². The van der Waals surface area contributed by atoms with Crippen molar-refractivity contribution in [1.82, 2.24) is 14.8 Å². The number of halogens is 1. The van der Waals surface area contributed by atoms with Crippen molar-refractivity contribution in [2.24, 2.45) is 5.73 Å². The van der Waals surface area contributed by atoms with Crippen LogP contribution in [0.1, 0.15) is 10.4 Å². The number of fused-ring (bicyclic) bond motifs is 1. The van der Waals surface area contributed by atoms with Gasteiger partial charge in [0.05, 0.1) is 11.3 Å². The summed E-state index contributed by atoms with van der Waals surface area (Å²) >= 11 is 6.46. The van der Waals surface area contributed by atoms with Crippen LogP contribution >= 0.6 is 11.6 Å². The van der Waals surface area contributed by atoms with Crippen molar-refractivity contribution in [2.45, 2.75) is 0 Å². The zero-order chi connectivity index (χ0) is 17.4. The van der Waals surface area contributed by atoms with Crippen LogP contribution in [0.25, 0.3) is 27.7 Å². The van der Waals surface area contributed by atoms with E-state index in [0.29, 0.717) is 21.6 Å². The van der Waals surface area contributed by atoms with E-state index in [4.69, 9.17) is 17.3 Å². The molecule has 0 aliphatic carbocycles. The van der Waals surface area contributed by atoms with Gasteiger partial charge in [-0.1, -0.05) is 35.9 Å². The molecule has 0 saturated carbocycles. The average molecular weight is 349 g/mol. The van der Waals surface area contributed by atoms with Gasteiger partial charge in [-0.25, -0.2) is 4.68 Å². The van der Waals surface area contributed by atoms with Crippen LogP contribution < -0.4 is 5.73 Å². The monoisotopic (exact) mass is 348 g/mol. The molecule has 6 heteroatoms. The molecule has 0 saturated heterocycles. The normalized spacial score (nSPS) is 10.9. The maximum atomic E-state index is 11.6. The van der Waals surface area contributed by atoms with Gasteiger partial charge >= 0.3 is 0 Å². The summed E-state index contributed by atoms with van der Waals surface area (Å²) in [5.74, 6) is -0.529. The van der Waals surface area contributed by atoms with E-state index >= 15 is 0 Å². The van der Waals surface area contributed by atoms with E-state index in [1.807, 2.05) is 48.7 Å². The summed E-state index contributed by atoms with van der Waals surface area (Å²) in [4.78, 5) is 15.7. The molecular formula is C19H13ClN4O. The van der Waals surface area contributed by atoms with Gasteiger partial charge in [0.25, 0.3) is 5.91 Å². The highest BCUT2D eigenvalue weighted by Crippen LogP contribution is 2.29. The summed E-state index contributed by atoms with van der Waals surface area (Å²) < 4.78 is 1.60. The summed E-state index contributed by atoms with van der Waals surface area (Å²) in [6.07, 6.45) is 3.55. The fourth-order valence-electron chi connectivity index (χ4n) is 2.77. The largest absolute Gasteiger partial charge is 0.366 e. The molecule has 0 aliphatic heterocycles. The van der Waals surface area contributed by atoms with E-state index in [9.17, 15) is 4.79 Å². The highest BCUT2D eigenvalue weighted by atomic mass is 35.5. The quantitative estimate of drug-likeness (QED) is 0.611. The summed E-state index contributed by atoms with van der Waals surface area (Å²) in [7, 11) is 0. The molecule has 0 spiro atoms. The smallest absolute Gasteiger partial charge is 0.250 e. The number of aromatic nitrogens is 3. The Morgan fingerprint density at radius 2 is 1.80 bits per heavy atom. The van der Waals surface area contributed by atoms with Crippen molar-refractivity contribution >= 4 is 28.4 Å². The molecule has 0 fully saturated rings. The standard InChI is InChI=1S/C19H13ClN4O/c20-18-15-4-1-5-16(19(21)25)17(15)23-24(18)14-8-6-12(7-9-14)13-3-2-10-22-11-13/h1-11H,(H2,21,25). The molecule has 5 nitrogen and oxygen atoms in total. The molecule has 2 N–H and O–H groups in total. The topological polar surface area (TPSA) is 73.8 Å². The Bertz CT molecular complexity index is 1070. The Morgan fingerprint density at radius 1 is 1.00 bits per heavy atom. The average Bonchev–Trinajstić information content (AvgIpc) is 2.99. The molecule has 2 heterocycles. The molecule has 4 aromatic rings. The van der Waals surface area contributed by atoms with Gasteiger partial charge in [0.2, 0.25) is 0 Å². The molecule has 1 amide bonds. The number of carbonyl (C=O) groups excluding carboxylic acids is 1. The molecule has 4 rings (SSSR count). The van der Waals surface area contributed by atoms with E-state index in [-0.39, 0.29) is 0 Å². The van der Waals surface area contributed by atoms with Crippen LogP contribution in [0, 0.1) is 0 Å². The Hall–Kier alpha value is -3.18. The van der Waals surface area contributed by atoms with Crippen molar-refractivity contribution in [3.8, 4) is 16.8 Å². The Kier molecular flexibility index (Phi) is 3.71. The van der Waals surface area contributed by atoms with E-state index < -0.39 is 5.91 Å². The van der Waals surface area contributed by atoms with Crippen molar-refractivity contribution in [1.29, 1.82) is 0 Å². The van der Waals surface area contributed by atoms with Crippen molar-refractivity contribution in [2.75, 3.05) is 0 Å². The number of rotatable bonds is 3. The summed E-state index contributed by atoms with van der Waals surface area (Å²) in [5, 5.41) is 5.60.